The van der Waals surface area contributed by atoms with Gasteiger partial charge in [-0.1, -0.05) is 0 Å². The van der Waals surface area contributed by atoms with Crippen molar-refractivity contribution in [3.05, 3.63) is 36.4 Å². The van der Waals surface area contributed by atoms with Crippen molar-refractivity contribution in [3.8, 4) is 23.0 Å². The van der Waals surface area contributed by atoms with E-state index in [1.807, 2.05) is 24.3 Å². The maximum Gasteiger partial charge on any atom is 0.163 e. The lowest BCUT2D eigenvalue weighted by Crippen LogP contribution is -2.36. The van der Waals surface area contributed by atoms with Gasteiger partial charge in [0.2, 0.25) is 0 Å². The van der Waals surface area contributed by atoms with Crippen LogP contribution in [0.3, 0.4) is 0 Å². The minimum atomic E-state index is 0.392. The topological polar surface area (TPSA) is 98.8 Å². The Kier molecular flexibility index (Phi) is 13.8. The van der Waals surface area contributed by atoms with Gasteiger partial charge in [-0.2, -0.15) is 0 Å². The second-order valence-electron chi connectivity index (χ2n) is 10.3. The molecule has 0 radical (unpaired) electrons. The SMILES string of the molecule is c1cc2c(cc1N1CCOCC1)OCCOCCOCCOc1ccc(N3CCOCC3)cc1OCCOCCOCCO2. The molecule has 12 nitrogen and oxygen atoms in total. The highest BCUT2D eigenvalue weighted by Crippen LogP contribution is 2.34. The molecule has 0 N–H and O–H groups in total. The van der Waals surface area contributed by atoms with Crippen molar-refractivity contribution in [2.75, 3.05) is 142 Å². The number of ether oxygens (including phenoxy) is 10. The van der Waals surface area contributed by atoms with E-state index >= 15 is 0 Å². The van der Waals surface area contributed by atoms with E-state index in [1.54, 1.807) is 0 Å². The number of anilines is 2. The van der Waals surface area contributed by atoms with Gasteiger partial charge in [-0.3, -0.25) is 0 Å². The quantitative estimate of drug-likeness (QED) is 0.495. The second kappa shape index (κ2) is 18.7. The van der Waals surface area contributed by atoms with Crippen LogP contribution in [0.4, 0.5) is 11.4 Å². The molecule has 2 aromatic carbocycles. The van der Waals surface area contributed by atoms with Crippen LogP contribution in [-0.2, 0) is 28.4 Å². The Balaban J connectivity index is 1.13. The fraction of sp³-hybridized carbons (Fsp3) is 0.625. The minimum absolute atomic E-state index is 0.392. The number of fused-ring (bicyclic) bond motifs is 2. The Bertz CT molecular complexity index is 1010. The van der Waals surface area contributed by atoms with Crippen molar-refractivity contribution in [1.82, 2.24) is 0 Å². The van der Waals surface area contributed by atoms with Crippen LogP contribution in [0, 0.1) is 0 Å². The number of nitrogens with zero attached hydrogens (tertiary/aromatic N) is 2. The standard InChI is InChI=1S/C32H46N2O10/c1-3-29-31(25-27(1)33-5-9-35-10-6-33)43-23-19-39-16-14-38-18-22-42-30-4-2-28(34-7-11-36-12-8-34)26-32(30)44-24-20-40-15-13-37-17-21-41-29/h1-4,25-26H,5-24H2. The third-order valence-electron chi connectivity index (χ3n) is 7.29. The average molecular weight is 619 g/mol. The molecule has 3 aliphatic heterocycles. The van der Waals surface area contributed by atoms with E-state index in [2.05, 4.69) is 21.9 Å². The van der Waals surface area contributed by atoms with Gasteiger partial charge in [0.25, 0.3) is 0 Å². The van der Waals surface area contributed by atoms with Crippen molar-refractivity contribution in [1.29, 1.82) is 0 Å². The Morgan fingerprint density at radius 3 is 0.977 bits per heavy atom. The van der Waals surface area contributed by atoms with Gasteiger partial charge in [0.05, 0.1) is 79.3 Å². The Labute approximate surface area is 259 Å². The molecule has 0 amide bonds. The zero-order valence-electron chi connectivity index (χ0n) is 25.6. The first-order valence-corrected chi connectivity index (χ1v) is 15.6. The van der Waals surface area contributed by atoms with Crippen molar-refractivity contribution >= 4 is 11.4 Å². The van der Waals surface area contributed by atoms with Gasteiger partial charge < -0.3 is 57.2 Å². The highest BCUT2D eigenvalue weighted by molar-refractivity contribution is 5.57. The van der Waals surface area contributed by atoms with Crippen LogP contribution in [0.2, 0.25) is 0 Å². The van der Waals surface area contributed by atoms with E-state index in [4.69, 9.17) is 47.4 Å². The summed E-state index contributed by atoms with van der Waals surface area (Å²) in [5.74, 6) is 2.71. The first-order chi connectivity index (χ1) is 21.9. The van der Waals surface area contributed by atoms with E-state index in [1.165, 1.54) is 0 Å². The normalized spacial score (nSPS) is 20.8. The largest absolute Gasteiger partial charge is 0.487 e. The molecule has 244 valence electrons. The van der Waals surface area contributed by atoms with Crippen molar-refractivity contribution < 1.29 is 47.4 Å². The van der Waals surface area contributed by atoms with Crippen LogP contribution < -0.4 is 28.7 Å². The summed E-state index contributed by atoms with van der Waals surface area (Å²) in [6.45, 7) is 11.4. The highest BCUT2D eigenvalue weighted by Gasteiger charge is 2.16. The summed E-state index contributed by atoms with van der Waals surface area (Å²) < 4.78 is 58.1. The van der Waals surface area contributed by atoms with Gasteiger partial charge in [0.15, 0.2) is 23.0 Å². The summed E-state index contributed by atoms with van der Waals surface area (Å²) >= 11 is 0. The van der Waals surface area contributed by atoms with Crippen LogP contribution in [0.15, 0.2) is 36.4 Å². The Morgan fingerprint density at radius 1 is 0.318 bits per heavy atom. The van der Waals surface area contributed by atoms with Gasteiger partial charge in [-0.25, -0.2) is 0 Å². The summed E-state index contributed by atoms with van der Waals surface area (Å²) in [5.41, 5.74) is 2.16. The van der Waals surface area contributed by atoms with Crippen LogP contribution in [-0.4, -0.2) is 132 Å². The lowest BCUT2D eigenvalue weighted by Gasteiger charge is -2.29. The molecule has 3 aliphatic rings. The van der Waals surface area contributed by atoms with Crippen molar-refractivity contribution in [2.45, 2.75) is 0 Å². The fourth-order valence-electron chi connectivity index (χ4n) is 4.98. The summed E-state index contributed by atoms with van der Waals surface area (Å²) in [5, 5.41) is 0. The molecule has 12 heteroatoms. The summed E-state index contributed by atoms with van der Waals surface area (Å²) in [7, 11) is 0. The van der Waals surface area contributed by atoms with Gasteiger partial charge in [0, 0.05) is 49.7 Å². The minimum Gasteiger partial charge on any atom is -0.487 e. The molecule has 2 saturated heterocycles. The van der Waals surface area contributed by atoms with E-state index in [-0.39, 0.29) is 0 Å². The second-order valence-corrected chi connectivity index (χ2v) is 10.3. The molecule has 0 atom stereocenters. The number of hydrogen-bond acceptors (Lipinski definition) is 12. The van der Waals surface area contributed by atoms with Gasteiger partial charge >= 0.3 is 0 Å². The average Bonchev–Trinajstić information content (AvgIpc) is 3.07. The number of hydrogen-bond donors (Lipinski definition) is 0. The first-order valence-electron chi connectivity index (χ1n) is 15.6. The molecule has 2 aromatic rings. The summed E-state index contributed by atoms with van der Waals surface area (Å²) in [4.78, 5) is 4.57. The lowest BCUT2D eigenvalue weighted by molar-refractivity contribution is 0.0223. The first kappa shape index (κ1) is 32.4. The maximum absolute atomic E-state index is 6.09. The van der Waals surface area contributed by atoms with Crippen LogP contribution >= 0.6 is 0 Å². The molecule has 2 fully saturated rings. The predicted molar refractivity (Wildman–Crippen MR) is 164 cm³/mol. The third-order valence-corrected chi connectivity index (χ3v) is 7.29. The highest BCUT2D eigenvalue weighted by atomic mass is 16.6. The van der Waals surface area contributed by atoms with E-state index < -0.39 is 0 Å². The number of rotatable bonds is 2. The molecule has 0 aromatic heterocycles. The van der Waals surface area contributed by atoms with Crippen LogP contribution in [0.1, 0.15) is 0 Å². The van der Waals surface area contributed by atoms with Crippen molar-refractivity contribution in [2.24, 2.45) is 0 Å². The maximum atomic E-state index is 6.09. The van der Waals surface area contributed by atoms with Gasteiger partial charge in [0.1, 0.15) is 26.4 Å². The Hall–Kier alpha value is -3.00. The third kappa shape index (κ3) is 10.6. The number of benzene rings is 2. The molecule has 0 unspecified atom stereocenters. The van der Waals surface area contributed by atoms with Crippen LogP contribution in [0.25, 0.3) is 0 Å². The number of morpholine rings is 2. The predicted octanol–water partition coefficient (Wildman–Crippen LogP) is 2.66. The Morgan fingerprint density at radius 2 is 0.614 bits per heavy atom. The van der Waals surface area contributed by atoms with E-state index in [0.29, 0.717) is 129 Å². The smallest absolute Gasteiger partial charge is 0.163 e. The molecule has 3 heterocycles. The fourth-order valence-corrected chi connectivity index (χ4v) is 4.98. The zero-order valence-corrected chi connectivity index (χ0v) is 25.6. The lowest BCUT2D eigenvalue weighted by atomic mass is 10.2. The summed E-state index contributed by atoms with van der Waals surface area (Å²) in [6, 6.07) is 12.0. The monoisotopic (exact) mass is 618 g/mol. The van der Waals surface area contributed by atoms with E-state index in [0.717, 1.165) is 37.6 Å². The molecule has 5 rings (SSSR count). The zero-order chi connectivity index (χ0) is 30.1. The molecule has 0 aliphatic carbocycles. The van der Waals surface area contributed by atoms with Gasteiger partial charge in [-0.05, 0) is 24.3 Å². The van der Waals surface area contributed by atoms with Crippen molar-refractivity contribution in [3.63, 3.8) is 0 Å². The van der Waals surface area contributed by atoms with Gasteiger partial charge in [-0.15, -0.1) is 0 Å². The molecule has 0 spiro atoms. The van der Waals surface area contributed by atoms with Crippen LogP contribution in [0.5, 0.6) is 23.0 Å². The molecular weight excluding hydrogens is 572 g/mol. The summed E-state index contributed by atoms with van der Waals surface area (Å²) in [6.07, 6.45) is 0. The molecular formula is C32H46N2O10. The molecule has 0 bridgehead atoms. The van der Waals surface area contributed by atoms with E-state index in [9.17, 15) is 0 Å². The molecule has 44 heavy (non-hydrogen) atoms. The molecule has 0 saturated carbocycles.